The van der Waals surface area contributed by atoms with Gasteiger partial charge in [-0.05, 0) is 23.5 Å². The van der Waals surface area contributed by atoms with Crippen molar-refractivity contribution in [2.75, 3.05) is 20.2 Å². The van der Waals surface area contributed by atoms with Crippen molar-refractivity contribution in [1.29, 1.82) is 0 Å². The van der Waals surface area contributed by atoms with Crippen LogP contribution in [-0.2, 0) is 27.3 Å². The van der Waals surface area contributed by atoms with E-state index in [1.54, 1.807) is 4.90 Å². The number of carbonyl (C=O) groups excluding carboxylic acids is 3. The van der Waals surface area contributed by atoms with Crippen LogP contribution in [0.2, 0.25) is 0 Å². The van der Waals surface area contributed by atoms with Gasteiger partial charge in [-0.25, -0.2) is 4.79 Å². The van der Waals surface area contributed by atoms with E-state index in [1.165, 1.54) is 7.11 Å². The number of esters is 1. The molecule has 0 aromatic heterocycles. The Bertz CT molecular complexity index is 645. The zero-order valence-corrected chi connectivity index (χ0v) is 14.9. The number of hydrogen-bond donors (Lipinski definition) is 2. The average molecular weight is 347 g/mol. The van der Waals surface area contributed by atoms with Crippen molar-refractivity contribution in [3.05, 3.63) is 35.4 Å². The van der Waals surface area contributed by atoms with Gasteiger partial charge in [-0.3, -0.25) is 19.8 Å². The number of nitrogens with zero attached hydrogens (tertiary/aromatic N) is 1. The first-order valence-electron chi connectivity index (χ1n) is 8.37. The molecule has 7 nitrogen and oxygen atoms in total. The number of amides is 3. The highest BCUT2D eigenvalue weighted by Gasteiger charge is 2.33. The number of ether oxygens (including phenoxy) is 1. The molecular weight excluding hydrogens is 322 g/mol. The first-order valence-corrected chi connectivity index (χ1v) is 8.37. The molecule has 136 valence electrons. The fourth-order valence-electron chi connectivity index (χ4n) is 2.80. The molecule has 1 aliphatic rings. The van der Waals surface area contributed by atoms with Gasteiger partial charge in [0.05, 0.1) is 13.7 Å². The lowest BCUT2D eigenvalue weighted by Crippen LogP contribution is -2.51. The summed E-state index contributed by atoms with van der Waals surface area (Å²) in [7, 11) is 1.33. The molecule has 0 aliphatic carbocycles. The van der Waals surface area contributed by atoms with Crippen LogP contribution in [0.3, 0.4) is 0 Å². The second-order valence-corrected chi connectivity index (χ2v) is 6.57. The van der Waals surface area contributed by atoms with E-state index >= 15 is 0 Å². The fourth-order valence-corrected chi connectivity index (χ4v) is 2.80. The Labute approximate surface area is 147 Å². The lowest BCUT2D eigenvalue weighted by Gasteiger charge is -2.34. The van der Waals surface area contributed by atoms with E-state index in [9.17, 15) is 14.4 Å². The molecule has 2 rings (SSSR count). The number of urea groups is 1. The largest absolute Gasteiger partial charge is 0.468 e. The third-order valence-corrected chi connectivity index (χ3v) is 4.09. The number of rotatable bonds is 5. The number of nitrogens with one attached hydrogen (secondary N) is 2. The quantitative estimate of drug-likeness (QED) is 0.778. The summed E-state index contributed by atoms with van der Waals surface area (Å²) in [6.45, 7) is 4.82. The number of imide groups is 1. The van der Waals surface area contributed by atoms with E-state index in [0.29, 0.717) is 25.4 Å². The van der Waals surface area contributed by atoms with E-state index in [1.807, 2.05) is 38.1 Å². The highest BCUT2D eigenvalue weighted by atomic mass is 16.5. The summed E-state index contributed by atoms with van der Waals surface area (Å²) in [5.74, 6) is -0.538. The topological polar surface area (TPSA) is 87.7 Å². The van der Waals surface area contributed by atoms with Crippen LogP contribution in [0.5, 0.6) is 0 Å². The third-order valence-electron chi connectivity index (χ3n) is 4.09. The Morgan fingerprint density at radius 2 is 1.92 bits per heavy atom. The number of benzene rings is 1. The normalized spacial score (nSPS) is 16.9. The number of methoxy groups -OCH3 is 1. The van der Waals surface area contributed by atoms with Crippen LogP contribution in [0.15, 0.2) is 24.3 Å². The zero-order chi connectivity index (χ0) is 18.4. The van der Waals surface area contributed by atoms with Gasteiger partial charge in [0, 0.05) is 13.1 Å². The van der Waals surface area contributed by atoms with Gasteiger partial charge in [0.1, 0.15) is 6.04 Å². The average Bonchev–Trinajstić information content (AvgIpc) is 2.58. The number of hydrogen-bond acceptors (Lipinski definition) is 5. The molecule has 1 aromatic carbocycles. The van der Waals surface area contributed by atoms with Gasteiger partial charge in [-0.15, -0.1) is 0 Å². The molecule has 0 saturated heterocycles. The molecule has 2 N–H and O–H groups in total. The molecule has 0 saturated carbocycles. The van der Waals surface area contributed by atoms with Crippen molar-refractivity contribution in [3.63, 3.8) is 0 Å². The molecule has 0 fully saturated rings. The minimum atomic E-state index is -0.538. The second-order valence-electron chi connectivity index (χ2n) is 6.57. The Morgan fingerprint density at radius 1 is 1.24 bits per heavy atom. The molecule has 7 heteroatoms. The van der Waals surface area contributed by atoms with Crippen LogP contribution >= 0.6 is 0 Å². The Balaban J connectivity index is 2.01. The zero-order valence-electron chi connectivity index (χ0n) is 14.9. The molecule has 0 unspecified atom stereocenters. The van der Waals surface area contributed by atoms with E-state index in [0.717, 1.165) is 11.1 Å². The molecule has 1 aromatic rings. The fraction of sp³-hybridized carbons (Fsp3) is 0.500. The van der Waals surface area contributed by atoms with Crippen LogP contribution in [0, 0.1) is 5.92 Å². The van der Waals surface area contributed by atoms with Crippen molar-refractivity contribution in [2.45, 2.75) is 32.9 Å². The second kappa shape index (κ2) is 8.62. The van der Waals surface area contributed by atoms with Gasteiger partial charge in [0.15, 0.2) is 0 Å². The van der Waals surface area contributed by atoms with Crippen molar-refractivity contribution in [1.82, 2.24) is 15.5 Å². The van der Waals surface area contributed by atoms with Crippen LogP contribution in [0.1, 0.15) is 25.0 Å². The molecule has 25 heavy (non-hydrogen) atoms. The lowest BCUT2D eigenvalue weighted by molar-refractivity contribution is -0.148. The van der Waals surface area contributed by atoms with Crippen molar-refractivity contribution < 1.29 is 19.1 Å². The third kappa shape index (κ3) is 5.29. The smallest absolute Gasteiger partial charge is 0.323 e. The minimum Gasteiger partial charge on any atom is -0.468 e. The van der Waals surface area contributed by atoms with Gasteiger partial charge in [0.2, 0.25) is 5.91 Å². The van der Waals surface area contributed by atoms with Crippen LogP contribution < -0.4 is 10.6 Å². The van der Waals surface area contributed by atoms with Gasteiger partial charge in [-0.1, -0.05) is 38.1 Å². The SMILES string of the molecule is COC(=O)[C@H]1Cc2ccccc2CN1CC(=O)NC(=O)NCC(C)C. The van der Waals surface area contributed by atoms with Gasteiger partial charge in [0.25, 0.3) is 0 Å². The lowest BCUT2D eigenvalue weighted by atomic mass is 9.94. The van der Waals surface area contributed by atoms with Gasteiger partial charge < -0.3 is 10.1 Å². The summed E-state index contributed by atoms with van der Waals surface area (Å²) in [6.07, 6.45) is 0.482. The summed E-state index contributed by atoms with van der Waals surface area (Å²) in [5, 5.41) is 4.93. The predicted octanol–water partition coefficient (Wildman–Crippen LogP) is 1.07. The first kappa shape index (κ1) is 18.9. The molecule has 1 atom stereocenters. The van der Waals surface area contributed by atoms with Gasteiger partial charge >= 0.3 is 12.0 Å². The highest BCUT2D eigenvalue weighted by molar-refractivity contribution is 5.95. The monoisotopic (exact) mass is 347 g/mol. The molecular formula is C18H25N3O4. The number of carbonyl (C=O) groups is 3. The van der Waals surface area contributed by atoms with Crippen molar-refractivity contribution >= 4 is 17.9 Å². The summed E-state index contributed by atoms with van der Waals surface area (Å²) in [6, 6.07) is 6.74. The number of fused-ring (bicyclic) bond motifs is 1. The van der Waals surface area contributed by atoms with Crippen LogP contribution in [-0.4, -0.2) is 49.0 Å². The molecule has 1 aliphatic heterocycles. The van der Waals surface area contributed by atoms with Crippen LogP contribution in [0.25, 0.3) is 0 Å². The van der Waals surface area contributed by atoms with E-state index in [-0.39, 0.29) is 12.5 Å². The van der Waals surface area contributed by atoms with Crippen LogP contribution in [0.4, 0.5) is 4.79 Å². The summed E-state index contributed by atoms with van der Waals surface area (Å²) < 4.78 is 4.87. The van der Waals surface area contributed by atoms with Crippen molar-refractivity contribution in [2.24, 2.45) is 5.92 Å². The Hall–Kier alpha value is -2.41. The van der Waals surface area contributed by atoms with Gasteiger partial charge in [-0.2, -0.15) is 0 Å². The Kier molecular flexibility index (Phi) is 6.52. The van der Waals surface area contributed by atoms with Crippen molar-refractivity contribution in [3.8, 4) is 0 Å². The molecule has 0 bridgehead atoms. The molecule has 1 heterocycles. The maximum Gasteiger partial charge on any atom is 0.323 e. The van der Waals surface area contributed by atoms with E-state index < -0.39 is 18.0 Å². The first-order chi connectivity index (χ1) is 11.9. The summed E-state index contributed by atoms with van der Waals surface area (Å²) in [5.41, 5.74) is 2.14. The van der Waals surface area contributed by atoms with E-state index in [4.69, 9.17) is 4.74 Å². The predicted molar refractivity (Wildman–Crippen MR) is 92.7 cm³/mol. The van der Waals surface area contributed by atoms with E-state index in [2.05, 4.69) is 10.6 Å². The molecule has 0 spiro atoms. The summed E-state index contributed by atoms with van der Waals surface area (Å²) >= 11 is 0. The summed E-state index contributed by atoms with van der Waals surface area (Å²) in [4.78, 5) is 37.7. The minimum absolute atomic E-state index is 0.0524. The Morgan fingerprint density at radius 3 is 2.56 bits per heavy atom. The standard InChI is InChI=1S/C18H25N3O4/c1-12(2)9-19-18(24)20-16(22)11-21-10-14-7-5-4-6-13(14)8-15(21)17(23)25-3/h4-7,12,15H,8-11H2,1-3H3,(H2,19,20,22,24)/t15-/m1/s1. The molecule has 3 amide bonds. The molecule has 0 radical (unpaired) electrons. The highest BCUT2D eigenvalue weighted by Crippen LogP contribution is 2.23. The maximum absolute atomic E-state index is 12.2. The maximum atomic E-state index is 12.2.